The molecule has 4 heteroatoms. The lowest BCUT2D eigenvalue weighted by molar-refractivity contribution is 1.49. The molecule has 0 aliphatic heterocycles. The summed E-state index contributed by atoms with van der Waals surface area (Å²) in [5, 5.41) is 16.5. The van der Waals surface area contributed by atoms with E-state index in [0.717, 1.165) is 26.7 Å². The number of nitriles is 1. The fraction of sp³-hybridized carbons (Fsp3) is 0. The first-order valence-corrected chi connectivity index (χ1v) is 15.2. The minimum absolute atomic E-state index is 0.589. The second-order valence-electron chi connectivity index (χ2n) is 9.90. The van der Waals surface area contributed by atoms with Gasteiger partial charge in [-0.25, -0.2) is 9.69 Å². The highest BCUT2D eigenvalue weighted by atomic mass is 28.3. The number of nitrogens with zero attached hydrogens (tertiary/aromatic N) is 3. The lowest BCUT2D eigenvalue weighted by Crippen LogP contribution is -2.74. The normalized spacial score (nSPS) is 10.9. The van der Waals surface area contributed by atoms with Crippen molar-refractivity contribution in [3.05, 3.63) is 168 Å². The van der Waals surface area contributed by atoms with Gasteiger partial charge in [0.25, 0.3) is 0 Å². The molecule has 0 heterocycles. The molecule has 3 nitrogen and oxygen atoms in total. The largest absolute Gasteiger partial charge is 0.238 e. The van der Waals surface area contributed by atoms with E-state index in [1.807, 2.05) is 36.4 Å². The van der Waals surface area contributed by atoms with Crippen molar-refractivity contribution in [3.8, 4) is 17.2 Å². The van der Waals surface area contributed by atoms with Crippen LogP contribution in [0.1, 0.15) is 5.56 Å². The molecule has 0 atom stereocenters. The van der Waals surface area contributed by atoms with Crippen LogP contribution in [0.25, 0.3) is 31.6 Å². The van der Waals surface area contributed by atoms with E-state index in [2.05, 4.69) is 119 Å². The van der Waals surface area contributed by atoms with Crippen LogP contribution in [0.2, 0.25) is 0 Å². The fourth-order valence-corrected chi connectivity index (χ4v) is 10.3. The fourth-order valence-electron chi connectivity index (χ4n) is 5.65. The zero-order valence-electron chi connectivity index (χ0n) is 22.1. The number of rotatable bonds is 5. The molecule has 6 aromatic carbocycles. The number of hydrogen-bond donors (Lipinski definition) is 0. The second-order valence-corrected chi connectivity index (χ2v) is 13.7. The molecule has 0 fully saturated rings. The van der Waals surface area contributed by atoms with Gasteiger partial charge >= 0.3 is 0 Å². The highest BCUT2D eigenvalue weighted by Gasteiger charge is 2.41. The minimum atomic E-state index is -2.89. The monoisotopic (exact) mass is 537 g/mol. The van der Waals surface area contributed by atoms with Gasteiger partial charge in [0.1, 0.15) is 0 Å². The summed E-state index contributed by atoms with van der Waals surface area (Å²) in [5.74, 6) is 0. The van der Waals surface area contributed by atoms with E-state index in [9.17, 15) is 5.26 Å². The topological polar surface area (TPSA) is 32.5 Å². The van der Waals surface area contributed by atoms with Crippen molar-refractivity contribution in [3.63, 3.8) is 0 Å². The van der Waals surface area contributed by atoms with E-state index in [4.69, 9.17) is 13.1 Å². The third kappa shape index (κ3) is 4.58. The molecule has 0 unspecified atom stereocenters. The zero-order chi connectivity index (χ0) is 28.2. The number of fused-ring (bicyclic) bond motifs is 1. The molecule has 0 N–H and O–H groups in total. The Kier molecular flexibility index (Phi) is 6.73. The lowest BCUT2D eigenvalue weighted by Gasteiger charge is -2.34. The maximum absolute atomic E-state index is 9.51. The third-order valence-corrected chi connectivity index (χ3v) is 12.5. The van der Waals surface area contributed by atoms with Gasteiger partial charge in [-0.1, -0.05) is 121 Å². The van der Waals surface area contributed by atoms with E-state index in [-0.39, 0.29) is 0 Å². The van der Waals surface area contributed by atoms with Crippen LogP contribution >= 0.6 is 0 Å². The van der Waals surface area contributed by atoms with Crippen molar-refractivity contribution in [1.29, 1.82) is 5.26 Å². The van der Waals surface area contributed by atoms with Crippen molar-refractivity contribution in [2.45, 2.75) is 0 Å². The Bertz CT molecular complexity index is 1850. The molecule has 0 saturated carbocycles. The zero-order valence-corrected chi connectivity index (χ0v) is 23.1. The smallest absolute Gasteiger partial charge is 0.187 e. The summed E-state index contributed by atoms with van der Waals surface area (Å²) in [6.45, 7) is 15.0. The third-order valence-electron chi connectivity index (χ3n) is 7.71. The Hall–Kier alpha value is -5.73. The van der Waals surface area contributed by atoms with Crippen LogP contribution in [0.3, 0.4) is 0 Å². The Morgan fingerprint density at radius 2 is 0.927 bits per heavy atom. The van der Waals surface area contributed by atoms with Gasteiger partial charge in [0.2, 0.25) is 0 Å². The van der Waals surface area contributed by atoms with E-state index in [0.29, 0.717) is 16.9 Å². The first-order chi connectivity index (χ1) is 20.1. The molecule has 0 bridgehead atoms. The average Bonchev–Trinajstić information content (AvgIpc) is 3.06. The molecule has 0 saturated heterocycles. The van der Waals surface area contributed by atoms with Crippen LogP contribution in [0.15, 0.2) is 140 Å². The molecule has 0 radical (unpaired) electrons. The number of benzene rings is 6. The summed E-state index contributed by atoms with van der Waals surface area (Å²) in [6, 6.07) is 49.6. The predicted octanol–water partition coefficient (Wildman–Crippen LogP) is 6.86. The predicted molar refractivity (Wildman–Crippen MR) is 170 cm³/mol. The summed E-state index contributed by atoms with van der Waals surface area (Å²) < 4.78 is 0. The SMILES string of the molecule is [C-]#[N+]c1ccc([Si](c2ccc(C#N)cc2)(c2ccc([N+]#[C-])cc2)c2ccc(-c3ccc4ccccc4c3)cc2)cc1. The molecule has 0 aromatic heterocycles. The molecule has 0 aliphatic rings. The van der Waals surface area contributed by atoms with Crippen LogP contribution in [0.5, 0.6) is 0 Å². The van der Waals surface area contributed by atoms with Crippen molar-refractivity contribution >= 4 is 51.0 Å². The standard InChI is InChI=1S/C37H23N3Si/c1-39-32-13-21-36(22-14-32)41(34-17-7-27(26-38)8-18-34,37-23-15-33(40-2)16-24-37)35-19-11-29(12-20-35)31-10-9-28-5-3-4-6-30(28)25-31/h3-25H. The summed E-state index contributed by atoms with van der Waals surface area (Å²) in [4.78, 5) is 7.24. The van der Waals surface area contributed by atoms with Gasteiger partial charge in [0, 0.05) is 0 Å². The van der Waals surface area contributed by atoms with Crippen LogP contribution in [-0.2, 0) is 0 Å². The average molecular weight is 538 g/mol. The van der Waals surface area contributed by atoms with Crippen molar-refractivity contribution in [2.24, 2.45) is 0 Å². The first-order valence-electron chi connectivity index (χ1n) is 13.2. The number of hydrogen-bond acceptors (Lipinski definition) is 1. The van der Waals surface area contributed by atoms with Gasteiger partial charge in [-0.15, -0.1) is 0 Å². The molecule has 41 heavy (non-hydrogen) atoms. The molecular weight excluding hydrogens is 515 g/mol. The molecular formula is C37H23N3Si. The molecule has 6 rings (SSSR count). The maximum Gasteiger partial charge on any atom is 0.187 e. The van der Waals surface area contributed by atoms with Crippen LogP contribution in [0.4, 0.5) is 11.4 Å². The highest BCUT2D eigenvalue weighted by Crippen LogP contribution is 2.25. The summed E-state index contributed by atoms with van der Waals surface area (Å²) in [5.41, 5.74) is 4.07. The van der Waals surface area contributed by atoms with E-state index >= 15 is 0 Å². The molecule has 0 amide bonds. The Morgan fingerprint density at radius 3 is 1.41 bits per heavy atom. The molecule has 6 aromatic rings. The van der Waals surface area contributed by atoms with E-state index < -0.39 is 8.07 Å². The van der Waals surface area contributed by atoms with Crippen LogP contribution in [-0.4, -0.2) is 8.07 Å². The van der Waals surface area contributed by atoms with Gasteiger partial charge in [-0.05, 0) is 60.8 Å². The second kappa shape index (κ2) is 10.8. The van der Waals surface area contributed by atoms with E-state index in [1.165, 1.54) is 16.0 Å². The summed E-state index contributed by atoms with van der Waals surface area (Å²) in [7, 11) is -2.89. The molecule has 0 aliphatic carbocycles. The van der Waals surface area contributed by atoms with Crippen LogP contribution < -0.4 is 20.7 Å². The van der Waals surface area contributed by atoms with Crippen molar-refractivity contribution in [1.82, 2.24) is 0 Å². The highest BCUT2D eigenvalue weighted by molar-refractivity contribution is 7.19. The van der Waals surface area contributed by atoms with Gasteiger partial charge < -0.3 is 0 Å². The molecule has 190 valence electrons. The quantitative estimate of drug-likeness (QED) is 0.134. The van der Waals surface area contributed by atoms with Gasteiger partial charge in [0.15, 0.2) is 19.4 Å². The van der Waals surface area contributed by atoms with Gasteiger partial charge in [-0.2, -0.15) is 5.26 Å². The molecule has 0 spiro atoms. The Morgan fingerprint density at radius 1 is 0.488 bits per heavy atom. The van der Waals surface area contributed by atoms with Crippen molar-refractivity contribution < 1.29 is 0 Å². The Labute approximate surface area is 240 Å². The first kappa shape index (κ1) is 25.5. The summed E-state index contributed by atoms with van der Waals surface area (Å²) >= 11 is 0. The van der Waals surface area contributed by atoms with Crippen molar-refractivity contribution in [2.75, 3.05) is 0 Å². The lowest BCUT2D eigenvalue weighted by atomic mass is 10.0. The Balaban J connectivity index is 1.59. The van der Waals surface area contributed by atoms with Crippen LogP contribution in [0, 0.1) is 24.5 Å². The summed E-state index contributed by atoms with van der Waals surface area (Å²) in [6.07, 6.45) is 0. The van der Waals surface area contributed by atoms with Gasteiger partial charge in [0.05, 0.1) is 24.8 Å². The maximum atomic E-state index is 9.51. The minimum Gasteiger partial charge on any atom is -0.238 e. The van der Waals surface area contributed by atoms with E-state index in [1.54, 1.807) is 0 Å². The van der Waals surface area contributed by atoms with Gasteiger partial charge in [-0.3, -0.25) is 0 Å².